The Bertz CT molecular complexity index is 1710. The number of carboxylic acid groups (broad SMARTS) is 1. The number of carboxylic acids is 1. The zero-order valence-corrected chi connectivity index (χ0v) is 24.3. The van der Waals surface area contributed by atoms with Crippen LogP contribution >= 0.6 is 0 Å². The Balaban J connectivity index is 1.31. The molecule has 0 aliphatic carbocycles. The first-order chi connectivity index (χ1) is 20.9. The molecule has 7 nitrogen and oxygen atoms in total. The highest BCUT2D eigenvalue weighted by Crippen LogP contribution is 2.26. The summed E-state index contributed by atoms with van der Waals surface area (Å²) >= 11 is 0. The summed E-state index contributed by atoms with van der Waals surface area (Å²) in [5, 5.41) is 16.1. The Morgan fingerprint density at radius 1 is 0.837 bits per heavy atom. The van der Waals surface area contributed by atoms with E-state index in [1.807, 2.05) is 79.0 Å². The fraction of sp³-hybridized carbons (Fsp3) is 0.250. The van der Waals surface area contributed by atoms with Crippen LogP contribution in [0.3, 0.4) is 0 Å². The van der Waals surface area contributed by atoms with Crippen molar-refractivity contribution in [3.8, 4) is 0 Å². The van der Waals surface area contributed by atoms with Gasteiger partial charge in [-0.25, -0.2) is 4.79 Å². The molecule has 0 spiro atoms. The van der Waals surface area contributed by atoms with Crippen LogP contribution in [-0.4, -0.2) is 39.4 Å². The van der Waals surface area contributed by atoms with Crippen molar-refractivity contribution in [2.24, 2.45) is 5.92 Å². The minimum absolute atomic E-state index is 0.138. The second kappa shape index (κ2) is 13.8. The first kappa shape index (κ1) is 29.6. The van der Waals surface area contributed by atoms with Crippen molar-refractivity contribution in [3.63, 3.8) is 0 Å². The van der Waals surface area contributed by atoms with Gasteiger partial charge in [0.05, 0.1) is 12.5 Å². The molecule has 5 aromatic rings. The number of hydrogen-bond acceptors (Lipinski definition) is 3. The molecule has 0 saturated carbocycles. The molecule has 4 aromatic carbocycles. The van der Waals surface area contributed by atoms with Gasteiger partial charge in [0.25, 0.3) is 0 Å². The Morgan fingerprint density at radius 3 is 2.30 bits per heavy atom. The van der Waals surface area contributed by atoms with E-state index < -0.39 is 23.8 Å². The largest absolute Gasteiger partial charge is 0.481 e. The molecule has 0 aliphatic rings. The van der Waals surface area contributed by atoms with Crippen molar-refractivity contribution in [2.75, 3.05) is 6.54 Å². The molecule has 7 heteroatoms. The van der Waals surface area contributed by atoms with Crippen molar-refractivity contribution in [1.29, 1.82) is 0 Å². The number of urea groups is 1. The molecule has 1 heterocycles. The lowest BCUT2D eigenvalue weighted by molar-refractivity contribution is -0.143. The quantitative estimate of drug-likeness (QED) is 0.145. The smallest absolute Gasteiger partial charge is 0.324 e. The summed E-state index contributed by atoms with van der Waals surface area (Å²) in [5.74, 6) is -2.32. The van der Waals surface area contributed by atoms with Crippen LogP contribution in [0.2, 0.25) is 0 Å². The average molecular weight is 576 g/mol. The number of fused-ring (bicyclic) bond motifs is 2. The van der Waals surface area contributed by atoms with E-state index in [0.717, 1.165) is 43.3 Å². The molecule has 43 heavy (non-hydrogen) atoms. The van der Waals surface area contributed by atoms with Gasteiger partial charge in [-0.2, -0.15) is 0 Å². The van der Waals surface area contributed by atoms with E-state index in [2.05, 4.69) is 34.6 Å². The summed E-state index contributed by atoms with van der Waals surface area (Å²) in [6.07, 6.45) is 3.86. The lowest BCUT2D eigenvalue weighted by Gasteiger charge is -2.27. The Morgan fingerprint density at radius 2 is 1.53 bits per heavy atom. The van der Waals surface area contributed by atoms with Crippen LogP contribution in [0.1, 0.15) is 48.9 Å². The van der Waals surface area contributed by atoms with Crippen LogP contribution in [0.25, 0.3) is 21.7 Å². The summed E-state index contributed by atoms with van der Waals surface area (Å²) in [6.45, 7) is 1.88. The van der Waals surface area contributed by atoms with Gasteiger partial charge in [-0.3, -0.25) is 14.5 Å². The molecule has 0 saturated heterocycles. The van der Waals surface area contributed by atoms with Crippen LogP contribution in [0.4, 0.5) is 4.79 Å². The number of aromatic nitrogens is 1. The number of H-pyrrole nitrogens is 1. The Kier molecular flexibility index (Phi) is 9.52. The monoisotopic (exact) mass is 575 g/mol. The van der Waals surface area contributed by atoms with Crippen LogP contribution in [-0.2, 0) is 22.4 Å². The number of aliphatic carboxylic acids is 1. The van der Waals surface area contributed by atoms with E-state index >= 15 is 0 Å². The SMILES string of the molecule is CCN(C(=O)NC(Cc1c[nH]c2ccccc12)c1ccccc1)C(=O)C(CCCc1cccc2ccccc12)CC(=O)O. The molecular formula is C36H37N3O4. The second-order valence-electron chi connectivity index (χ2n) is 10.9. The lowest BCUT2D eigenvalue weighted by atomic mass is 9.93. The maximum absolute atomic E-state index is 13.7. The van der Waals surface area contributed by atoms with Crippen molar-refractivity contribution in [2.45, 2.75) is 45.1 Å². The molecule has 2 unspecified atom stereocenters. The highest BCUT2D eigenvalue weighted by Gasteiger charge is 2.31. The van der Waals surface area contributed by atoms with Crippen molar-refractivity contribution >= 4 is 39.6 Å². The third kappa shape index (κ3) is 7.12. The summed E-state index contributed by atoms with van der Waals surface area (Å²) in [7, 11) is 0. The van der Waals surface area contributed by atoms with Gasteiger partial charge in [0, 0.05) is 29.6 Å². The van der Waals surface area contributed by atoms with E-state index in [1.165, 1.54) is 0 Å². The molecule has 0 bridgehead atoms. The number of aryl methyl sites for hydroxylation is 1. The summed E-state index contributed by atoms with van der Waals surface area (Å²) in [5.41, 5.74) is 4.15. The summed E-state index contributed by atoms with van der Waals surface area (Å²) in [6, 6.07) is 31.1. The number of nitrogens with zero attached hydrogens (tertiary/aromatic N) is 1. The van der Waals surface area contributed by atoms with E-state index in [1.54, 1.807) is 6.92 Å². The first-order valence-electron chi connectivity index (χ1n) is 14.8. The van der Waals surface area contributed by atoms with Gasteiger partial charge in [-0.15, -0.1) is 0 Å². The number of para-hydroxylation sites is 1. The molecule has 220 valence electrons. The maximum Gasteiger partial charge on any atom is 0.324 e. The second-order valence-corrected chi connectivity index (χ2v) is 10.9. The predicted molar refractivity (Wildman–Crippen MR) is 170 cm³/mol. The average Bonchev–Trinajstić information content (AvgIpc) is 3.43. The number of rotatable bonds is 12. The van der Waals surface area contributed by atoms with Gasteiger partial charge in [0.2, 0.25) is 5.91 Å². The van der Waals surface area contributed by atoms with Crippen LogP contribution in [0.5, 0.6) is 0 Å². The van der Waals surface area contributed by atoms with Crippen molar-refractivity contribution in [1.82, 2.24) is 15.2 Å². The molecule has 1 aromatic heterocycles. The summed E-state index contributed by atoms with van der Waals surface area (Å²) < 4.78 is 0. The molecule has 0 fully saturated rings. The van der Waals surface area contributed by atoms with Crippen molar-refractivity contribution < 1.29 is 19.5 Å². The number of aromatic amines is 1. The molecule has 3 amide bonds. The van der Waals surface area contributed by atoms with Gasteiger partial charge in [-0.05, 0) is 66.1 Å². The fourth-order valence-electron chi connectivity index (χ4n) is 5.88. The van der Waals surface area contributed by atoms with Crippen LogP contribution in [0, 0.1) is 5.92 Å². The van der Waals surface area contributed by atoms with Crippen LogP contribution < -0.4 is 5.32 Å². The van der Waals surface area contributed by atoms with E-state index in [-0.39, 0.29) is 19.0 Å². The van der Waals surface area contributed by atoms with Gasteiger partial charge in [-0.1, -0.05) is 91.0 Å². The van der Waals surface area contributed by atoms with Gasteiger partial charge < -0.3 is 15.4 Å². The number of nitrogens with one attached hydrogen (secondary N) is 2. The molecule has 3 N–H and O–H groups in total. The molecule has 2 atom stereocenters. The molecule has 0 aliphatic heterocycles. The Labute approximate surface area is 251 Å². The predicted octanol–water partition coefficient (Wildman–Crippen LogP) is 7.28. The van der Waals surface area contributed by atoms with Crippen molar-refractivity contribution in [3.05, 3.63) is 120 Å². The van der Waals surface area contributed by atoms with E-state index in [9.17, 15) is 19.5 Å². The van der Waals surface area contributed by atoms with Gasteiger partial charge in [0.15, 0.2) is 0 Å². The number of carbonyl (C=O) groups is 3. The van der Waals surface area contributed by atoms with Gasteiger partial charge >= 0.3 is 12.0 Å². The molecular weight excluding hydrogens is 538 g/mol. The minimum atomic E-state index is -1.05. The van der Waals surface area contributed by atoms with E-state index in [4.69, 9.17) is 0 Å². The third-order valence-corrected chi connectivity index (χ3v) is 8.07. The van der Waals surface area contributed by atoms with Gasteiger partial charge in [0.1, 0.15) is 0 Å². The number of benzene rings is 4. The number of carbonyl (C=O) groups excluding carboxylic acids is 2. The number of imide groups is 1. The normalized spacial score (nSPS) is 12.6. The zero-order valence-electron chi connectivity index (χ0n) is 24.3. The summed E-state index contributed by atoms with van der Waals surface area (Å²) in [4.78, 5) is 43.6. The van der Waals surface area contributed by atoms with Crippen LogP contribution in [0.15, 0.2) is 103 Å². The zero-order chi connectivity index (χ0) is 30.2. The Hall–Kier alpha value is -4.91. The topological polar surface area (TPSA) is 103 Å². The highest BCUT2D eigenvalue weighted by atomic mass is 16.4. The third-order valence-electron chi connectivity index (χ3n) is 8.07. The standard InChI is InChI=1S/C36H37N3O4/c1-2-39(35(42)28(23-34(40)41)18-11-17-26-16-10-15-25-12-6-7-19-30(25)26)36(43)38-33(27-13-4-3-5-14-27)22-29-24-37-32-21-9-8-20-31(29)32/h3-10,12-16,19-21,24,28,33,37H,2,11,17-18,22-23H2,1H3,(H,38,43)(H,40,41). The van der Waals surface area contributed by atoms with E-state index in [0.29, 0.717) is 25.7 Å². The number of amides is 3. The number of hydrogen-bond donors (Lipinski definition) is 3. The highest BCUT2D eigenvalue weighted by molar-refractivity contribution is 5.97. The first-order valence-corrected chi connectivity index (χ1v) is 14.8. The minimum Gasteiger partial charge on any atom is -0.481 e. The maximum atomic E-state index is 13.7. The molecule has 0 radical (unpaired) electrons. The fourth-order valence-corrected chi connectivity index (χ4v) is 5.88. The lowest BCUT2D eigenvalue weighted by Crippen LogP contribution is -2.48. The molecule has 5 rings (SSSR count).